The number of urea groups is 1. The second-order valence-electron chi connectivity index (χ2n) is 3.33. The summed E-state index contributed by atoms with van der Waals surface area (Å²) < 4.78 is 0. The first-order valence-electron chi connectivity index (χ1n) is 4.93. The fourth-order valence-electron chi connectivity index (χ4n) is 1.07. The summed E-state index contributed by atoms with van der Waals surface area (Å²) in [6.07, 6.45) is 2.96. The van der Waals surface area contributed by atoms with Crippen LogP contribution in [0.4, 0.5) is 4.79 Å². The predicted molar refractivity (Wildman–Crippen MR) is 57.7 cm³/mol. The van der Waals surface area contributed by atoms with Crippen LogP contribution in [0.3, 0.4) is 0 Å². The van der Waals surface area contributed by atoms with Gasteiger partial charge in [-0.1, -0.05) is 6.08 Å². The number of carbonyl (C=O) groups excluding carboxylic acids is 1. The third-order valence-electron chi connectivity index (χ3n) is 1.81. The molecule has 0 aliphatic heterocycles. The Labute approximate surface area is 89.6 Å². The number of rotatable bonds is 7. The lowest BCUT2D eigenvalue weighted by Crippen LogP contribution is -2.40. The van der Waals surface area contributed by atoms with Gasteiger partial charge in [-0.3, -0.25) is 4.79 Å². The van der Waals surface area contributed by atoms with Gasteiger partial charge < -0.3 is 15.7 Å². The predicted octanol–water partition coefficient (Wildman–Crippen LogP) is 1.11. The van der Waals surface area contributed by atoms with Crippen molar-refractivity contribution < 1.29 is 14.7 Å². The molecule has 0 spiro atoms. The van der Waals surface area contributed by atoms with Gasteiger partial charge in [0.15, 0.2) is 0 Å². The van der Waals surface area contributed by atoms with E-state index >= 15 is 0 Å². The van der Waals surface area contributed by atoms with E-state index in [1.807, 2.05) is 6.92 Å². The molecule has 0 saturated heterocycles. The van der Waals surface area contributed by atoms with Crippen LogP contribution < -0.4 is 10.6 Å². The summed E-state index contributed by atoms with van der Waals surface area (Å²) in [5.74, 6) is -0.807. The van der Waals surface area contributed by atoms with Gasteiger partial charge >= 0.3 is 12.0 Å². The number of carboxylic acids is 1. The third kappa shape index (κ3) is 8.80. The van der Waals surface area contributed by atoms with Gasteiger partial charge in [0.2, 0.25) is 0 Å². The SMILES string of the molecule is C=CCNC(=O)NC(C)CCCC(=O)O. The molecular weight excluding hydrogens is 196 g/mol. The molecule has 0 aromatic heterocycles. The summed E-state index contributed by atoms with van der Waals surface area (Å²) in [5, 5.41) is 13.7. The monoisotopic (exact) mass is 214 g/mol. The molecule has 0 bridgehead atoms. The molecule has 0 aromatic carbocycles. The number of carboxylic acid groups (broad SMARTS) is 1. The normalized spacial score (nSPS) is 11.5. The van der Waals surface area contributed by atoms with Crippen molar-refractivity contribution in [3.63, 3.8) is 0 Å². The standard InChI is InChI=1S/C10H18N2O3/c1-3-7-11-10(15)12-8(2)5-4-6-9(13)14/h3,8H,1,4-7H2,2H3,(H,13,14)(H2,11,12,15). The van der Waals surface area contributed by atoms with Gasteiger partial charge in [0.25, 0.3) is 0 Å². The molecule has 0 heterocycles. The van der Waals surface area contributed by atoms with Crippen LogP contribution in [0, 0.1) is 0 Å². The number of amides is 2. The van der Waals surface area contributed by atoms with Crippen molar-refractivity contribution in [3.05, 3.63) is 12.7 Å². The van der Waals surface area contributed by atoms with E-state index in [0.717, 1.165) is 0 Å². The van der Waals surface area contributed by atoms with Gasteiger partial charge in [0.05, 0.1) is 0 Å². The first-order chi connectivity index (χ1) is 7.06. The molecule has 1 atom stereocenters. The maximum atomic E-state index is 11.1. The largest absolute Gasteiger partial charge is 0.481 e. The van der Waals surface area contributed by atoms with E-state index in [4.69, 9.17) is 5.11 Å². The van der Waals surface area contributed by atoms with Crippen molar-refractivity contribution in [2.24, 2.45) is 0 Å². The van der Waals surface area contributed by atoms with Crippen LogP contribution in [0.5, 0.6) is 0 Å². The molecule has 0 aliphatic carbocycles. The molecule has 15 heavy (non-hydrogen) atoms. The van der Waals surface area contributed by atoms with Crippen LogP contribution in [-0.2, 0) is 4.79 Å². The minimum Gasteiger partial charge on any atom is -0.481 e. The van der Waals surface area contributed by atoms with Crippen molar-refractivity contribution in [2.75, 3.05) is 6.54 Å². The molecule has 0 aromatic rings. The zero-order valence-electron chi connectivity index (χ0n) is 8.95. The highest BCUT2D eigenvalue weighted by atomic mass is 16.4. The molecule has 0 saturated carbocycles. The zero-order valence-corrected chi connectivity index (χ0v) is 8.95. The van der Waals surface area contributed by atoms with Crippen molar-refractivity contribution in [1.82, 2.24) is 10.6 Å². The molecule has 0 radical (unpaired) electrons. The molecule has 2 amide bonds. The van der Waals surface area contributed by atoms with Crippen LogP contribution in [-0.4, -0.2) is 29.7 Å². The van der Waals surface area contributed by atoms with E-state index in [1.165, 1.54) is 0 Å². The van der Waals surface area contributed by atoms with Crippen LogP contribution in [0.15, 0.2) is 12.7 Å². The average molecular weight is 214 g/mol. The Kier molecular flexibility index (Phi) is 7.05. The molecule has 0 aliphatic rings. The quantitative estimate of drug-likeness (QED) is 0.555. The third-order valence-corrected chi connectivity index (χ3v) is 1.81. The van der Waals surface area contributed by atoms with Gasteiger partial charge in [0.1, 0.15) is 0 Å². The Hall–Kier alpha value is -1.52. The summed E-state index contributed by atoms with van der Waals surface area (Å²) in [7, 11) is 0. The summed E-state index contributed by atoms with van der Waals surface area (Å²) in [4.78, 5) is 21.4. The topological polar surface area (TPSA) is 78.4 Å². The fourth-order valence-corrected chi connectivity index (χ4v) is 1.07. The number of nitrogens with one attached hydrogen (secondary N) is 2. The van der Waals surface area contributed by atoms with Gasteiger partial charge in [0, 0.05) is 19.0 Å². The van der Waals surface area contributed by atoms with Gasteiger partial charge in [-0.15, -0.1) is 6.58 Å². The van der Waals surface area contributed by atoms with Gasteiger partial charge in [-0.2, -0.15) is 0 Å². The molecule has 5 heteroatoms. The van der Waals surface area contributed by atoms with E-state index in [1.54, 1.807) is 6.08 Å². The second-order valence-corrected chi connectivity index (χ2v) is 3.33. The Balaban J connectivity index is 3.54. The molecule has 5 nitrogen and oxygen atoms in total. The maximum absolute atomic E-state index is 11.1. The summed E-state index contributed by atoms with van der Waals surface area (Å²) >= 11 is 0. The number of hydrogen-bond acceptors (Lipinski definition) is 2. The van der Waals surface area contributed by atoms with E-state index in [9.17, 15) is 9.59 Å². The molecular formula is C10H18N2O3. The Morgan fingerprint density at radius 2 is 2.20 bits per heavy atom. The van der Waals surface area contributed by atoms with Crippen molar-refractivity contribution in [1.29, 1.82) is 0 Å². The second kappa shape index (κ2) is 7.84. The Morgan fingerprint density at radius 1 is 1.53 bits per heavy atom. The van der Waals surface area contributed by atoms with Crippen LogP contribution in [0.2, 0.25) is 0 Å². The van der Waals surface area contributed by atoms with Crippen molar-refractivity contribution in [2.45, 2.75) is 32.2 Å². The minimum atomic E-state index is -0.807. The summed E-state index contributed by atoms with van der Waals surface area (Å²) in [5.41, 5.74) is 0. The van der Waals surface area contributed by atoms with Crippen LogP contribution in [0.1, 0.15) is 26.2 Å². The van der Waals surface area contributed by atoms with E-state index < -0.39 is 5.97 Å². The molecule has 3 N–H and O–H groups in total. The van der Waals surface area contributed by atoms with Crippen molar-refractivity contribution in [3.8, 4) is 0 Å². The lowest BCUT2D eigenvalue weighted by atomic mass is 10.1. The number of hydrogen-bond donors (Lipinski definition) is 3. The molecule has 0 rings (SSSR count). The van der Waals surface area contributed by atoms with Gasteiger partial charge in [-0.05, 0) is 19.8 Å². The van der Waals surface area contributed by atoms with Crippen LogP contribution in [0.25, 0.3) is 0 Å². The first-order valence-corrected chi connectivity index (χ1v) is 4.93. The first kappa shape index (κ1) is 13.5. The maximum Gasteiger partial charge on any atom is 0.315 e. The fraction of sp³-hybridized carbons (Fsp3) is 0.600. The van der Waals surface area contributed by atoms with Gasteiger partial charge in [-0.25, -0.2) is 4.79 Å². The molecule has 0 fully saturated rings. The van der Waals surface area contributed by atoms with Crippen LogP contribution >= 0.6 is 0 Å². The Morgan fingerprint density at radius 3 is 2.73 bits per heavy atom. The summed E-state index contributed by atoms with van der Waals surface area (Å²) in [6, 6.07) is -0.271. The highest BCUT2D eigenvalue weighted by Gasteiger charge is 2.06. The Bertz CT molecular complexity index is 229. The smallest absolute Gasteiger partial charge is 0.315 e. The van der Waals surface area contributed by atoms with E-state index in [2.05, 4.69) is 17.2 Å². The lowest BCUT2D eigenvalue weighted by Gasteiger charge is -2.13. The minimum absolute atomic E-state index is 0.0193. The molecule has 86 valence electrons. The number of carbonyl (C=O) groups is 2. The van der Waals surface area contributed by atoms with E-state index in [-0.39, 0.29) is 18.5 Å². The summed E-state index contributed by atoms with van der Waals surface area (Å²) in [6.45, 7) is 5.74. The molecule has 1 unspecified atom stereocenters. The highest BCUT2D eigenvalue weighted by molar-refractivity contribution is 5.74. The number of aliphatic carboxylic acids is 1. The lowest BCUT2D eigenvalue weighted by molar-refractivity contribution is -0.137. The van der Waals surface area contributed by atoms with Crippen molar-refractivity contribution >= 4 is 12.0 Å². The highest BCUT2D eigenvalue weighted by Crippen LogP contribution is 1.99. The zero-order chi connectivity index (χ0) is 11.7. The average Bonchev–Trinajstić information content (AvgIpc) is 2.14. The van der Waals surface area contributed by atoms with E-state index in [0.29, 0.717) is 19.4 Å².